The molecule has 0 bridgehead atoms. The van der Waals surface area contributed by atoms with Crippen LogP contribution < -0.4 is 10.2 Å². The fraction of sp³-hybridized carbons (Fsp3) is 0.429. The van der Waals surface area contributed by atoms with Crippen molar-refractivity contribution >= 4 is 29.1 Å². The van der Waals surface area contributed by atoms with Gasteiger partial charge in [-0.2, -0.15) is 0 Å². The second-order valence-corrected chi connectivity index (χ2v) is 5.11. The monoisotopic (exact) mass is 296 g/mol. The quantitative estimate of drug-likeness (QED) is 0.821. The average molecular weight is 297 g/mol. The number of nitrogens with one attached hydrogen (secondary N) is 1. The van der Waals surface area contributed by atoms with Crippen molar-refractivity contribution in [3.8, 4) is 0 Å². The van der Waals surface area contributed by atoms with Crippen LogP contribution in [0.2, 0.25) is 5.02 Å². The predicted molar refractivity (Wildman–Crippen MR) is 76.8 cm³/mol. The number of aliphatic hydroxyl groups excluding tert-OH is 1. The Bertz CT molecular complexity index is 529. The highest BCUT2D eigenvalue weighted by atomic mass is 35.5. The van der Waals surface area contributed by atoms with Crippen LogP contribution in [0, 0.1) is 0 Å². The normalized spacial score (nSPS) is 14.8. The fourth-order valence-corrected chi connectivity index (χ4v) is 2.51. The van der Waals surface area contributed by atoms with Gasteiger partial charge in [0.15, 0.2) is 0 Å². The molecule has 5 nitrogen and oxygen atoms in total. The smallest absolute Gasteiger partial charge is 0.316 e. The molecule has 0 saturated heterocycles. The number of rotatable bonds is 3. The first-order valence-electron chi connectivity index (χ1n) is 6.59. The Morgan fingerprint density at radius 1 is 1.50 bits per heavy atom. The summed E-state index contributed by atoms with van der Waals surface area (Å²) in [6.07, 6.45) is 1.21. The van der Waals surface area contributed by atoms with Gasteiger partial charge in [-0.3, -0.25) is 9.59 Å². The number of benzene rings is 1. The van der Waals surface area contributed by atoms with Gasteiger partial charge in [0.1, 0.15) is 0 Å². The van der Waals surface area contributed by atoms with Crippen LogP contribution in [0.4, 0.5) is 5.69 Å². The summed E-state index contributed by atoms with van der Waals surface area (Å²) in [4.78, 5) is 25.5. The van der Waals surface area contributed by atoms with E-state index >= 15 is 0 Å². The van der Waals surface area contributed by atoms with Crippen LogP contribution in [0.1, 0.15) is 18.9 Å². The summed E-state index contributed by atoms with van der Waals surface area (Å²) in [5.74, 6) is -1.31. The summed E-state index contributed by atoms with van der Waals surface area (Å²) < 4.78 is 0. The molecule has 1 aliphatic rings. The van der Waals surface area contributed by atoms with Gasteiger partial charge < -0.3 is 15.3 Å². The van der Waals surface area contributed by atoms with Gasteiger partial charge in [0.05, 0.1) is 12.6 Å². The maximum absolute atomic E-state index is 12.2. The lowest BCUT2D eigenvalue weighted by Crippen LogP contribution is -2.47. The van der Waals surface area contributed by atoms with Gasteiger partial charge in [0, 0.05) is 17.3 Å². The molecule has 1 aliphatic heterocycles. The maximum atomic E-state index is 12.2. The molecule has 0 spiro atoms. The van der Waals surface area contributed by atoms with Crippen molar-refractivity contribution in [2.75, 3.05) is 18.1 Å². The average Bonchev–Trinajstić information content (AvgIpc) is 2.89. The first-order valence-corrected chi connectivity index (χ1v) is 6.96. The van der Waals surface area contributed by atoms with E-state index in [9.17, 15) is 9.59 Å². The van der Waals surface area contributed by atoms with Crippen molar-refractivity contribution in [2.45, 2.75) is 25.8 Å². The predicted octanol–water partition coefficient (Wildman–Crippen LogP) is 1.12. The summed E-state index contributed by atoms with van der Waals surface area (Å²) in [5, 5.41) is 12.2. The molecule has 0 radical (unpaired) electrons. The Labute approximate surface area is 122 Å². The summed E-state index contributed by atoms with van der Waals surface area (Å²) in [7, 11) is 0. The molecular formula is C14H17ClN2O3. The fourth-order valence-electron chi connectivity index (χ4n) is 2.25. The molecule has 2 rings (SSSR count). The van der Waals surface area contributed by atoms with E-state index in [1.807, 2.05) is 6.92 Å². The minimum atomic E-state index is -0.696. The lowest BCUT2D eigenvalue weighted by atomic mass is 10.2. The number of carbonyl (C=O) groups is 2. The Hall–Kier alpha value is -1.59. The van der Waals surface area contributed by atoms with Crippen LogP contribution in [-0.4, -0.2) is 36.1 Å². The molecule has 2 N–H and O–H groups in total. The lowest BCUT2D eigenvalue weighted by Gasteiger charge is -2.19. The van der Waals surface area contributed by atoms with Crippen LogP contribution in [0.5, 0.6) is 0 Å². The van der Waals surface area contributed by atoms with E-state index in [1.165, 1.54) is 4.90 Å². The van der Waals surface area contributed by atoms with Gasteiger partial charge in [-0.25, -0.2) is 0 Å². The third-order valence-corrected chi connectivity index (χ3v) is 3.81. The van der Waals surface area contributed by atoms with Crippen LogP contribution in [-0.2, 0) is 16.0 Å². The molecule has 1 aromatic rings. The molecule has 0 aliphatic carbocycles. The Kier molecular flexibility index (Phi) is 4.62. The molecule has 20 heavy (non-hydrogen) atoms. The van der Waals surface area contributed by atoms with Gasteiger partial charge >= 0.3 is 11.8 Å². The van der Waals surface area contributed by atoms with E-state index in [0.717, 1.165) is 5.56 Å². The Morgan fingerprint density at radius 3 is 2.90 bits per heavy atom. The first kappa shape index (κ1) is 14.8. The third-order valence-electron chi connectivity index (χ3n) is 3.46. The summed E-state index contributed by atoms with van der Waals surface area (Å²) in [6.45, 7) is 2.09. The third kappa shape index (κ3) is 2.78. The molecule has 0 aromatic heterocycles. The topological polar surface area (TPSA) is 69.6 Å². The van der Waals surface area contributed by atoms with Crippen LogP contribution >= 0.6 is 11.6 Å². The molecule has 1 atom stereocenters. The highest BCUT2D eigenvalue weighted by Crippen LogP contribution is 2.33. The number of aliphatic hydroxyl groups is 1. The number of anilines is 1. The minimum absolute atomic E-state index is 0.183. The van der Waals surface area contributed by atoms with Gasteiger partial charge in [-0.15, -0.1) is 0 Å². The minimum Gasteiger partial charge on any atom is -0.394 e. The van der Waals surface area contributed by atoms with E-state index in [1.54, 1.807) is 18.2 Å². The summed E-state index contributed by atoms with van der Waals surface area (Å²) in [6, 6.07) is 4.91. The number of amides is 2. The van der Waals surface area contributed by atoms with Crippen molar-refractivity contribution in [3.05, 3.63) is 28.8 Å². The Morgan fingerprint density at radius 2 is 2.25 bits per heavy atom. The van der Waals surface area contributed by atoms with Gasteiger partial charge in [-0.05, 0) is 30.5 Å². The molecule has 2 amide bonds. The number of nitrogens with zero attached hydrogens (tertiary/aromatic N) is 1. The Balaban J connectivity index is 2.13. The zero-order valence-corrected chi connectivity index (χ0v) is 12.0. The zero-order valence-electron chi connectivity index (χ0n) is 11.2. The summed E-state index contributed by atoms with van der Waals surface area (Å²) >= 11 is 6.08. The van der Waals surface area contributed by atoms with Crippen molar-refractivity contribution in [1.29, 1.82) is 0 Å². The molecule has 0 fully saturated rings. The molecule has 1 unspecified atom stereocenters. The SMILES string of the molecule is CCC(CO)NC(=O)C(=O)N1CCc2c(Cl)cccc21. The molecule has 0 saturated carbocycles. The number of fused-ring (bicyclic) bond motifs is 1. The maximum Gasteiger partial charge on any atom is 0.316 e. The van der Waals surface area contributed by atoms with E-state index < -0.39 is 17.9 Å². The second-order valence-electron chi connectivity index (χ2n) is 4.71. The number of hydrogen-bond acceptors (Lipinski definition) is 3. The standard InChI is InChI=1S/C14H17ClN2O3/c1-2-9(8-18)16-13(19)14(20)17-7-6-10-11(15)4-3-5-12(10)17/h3-5,9,18H,2,6-8H2,1H3,(H,16,19). The van der Waals surface area contributed by atoms with Crippen molar-refractivity contribution in [1.82, 2.24) is 5.32 Å². The molecule has 1 heterocycles. The van der Waals surface area contributed by atoms with Gasteiger partial charge in [-0.1, -0.05) is 24.6 Å². The summed E-state index contributed by atoms with van der Waals surface area (Å²) in [5.41, 5.74) is 1.58. The van der Waals surface area contributed by atoms with E-state index in [-0.39, 0.29) is 6.61 Å². The molecular weight excluding hydrogens is 280 g/mol. The van der Waals surface area contributed by atoms with Gasteiger partial charge in [0.2, 0.25) is 0 Å². The van der Waals surface area contributed by atoms with E-state index in [2.05, 4.69) is 5.32 Å². The van der Waals surface area contributed by atoms with Gasteiger partial charge in [0.25, 0.3) is 0 Å². The lowest BCUT2D eigenvalue weighted by molar-refractivity contribution is -0.138. The number of halogens is 1. The van der Waals surface area contributed by atoms with Crippen LogP contribution in [0.15, 0.2) is 18.2 Å². The highest BCUT2D eigenvalue weighted by molar-refractivity contribution is 6.41. The molecule has 6 heteroatoms. The zero-order chi connectivity index (χ0) is 14.7. The molecule has 108 valence electrons. The van der Waals surface area contributed by atoms with E-state index in [4.69, 9.17) is 16.7 Å². The van der Waals surface area contributed by atoms with E-state index in [0.29, 0.717) is 30.1 Å². The highest BCUT2D eigenvalue weighted by Gasteiger charge is 2.30. The van der Waals surface area contributed by atoms with Crippen molar-refractivity contribution in [2.24, 2.45) is 0 Å². The second kappa shape index (κ2) is 6.24. The first-order chi connectivity index (χ1) is 9.58. The largest absolute Gasteiger partial charge is 0.394 e. The van der Waals surface area contributed by atoms with Crippen molar-refractivity contribution in [3.63, 3.8) is 0 Å². The van der Waals surface area contributed by atoms with Crippen LogP contribution in [0.3, 0.4) is 0 Å². The number of carbonyl (C=O) groups excluding carboxylic acids is 2. The van der Waals surface area contributed by atoms with Crippen LogP contribution in [0.25, 0.3) is 0 Å². The van der Waals surface area contributed by atoms with Crippen molar-refractivity contribution < 1.29 is 14.7 Å². The number of hydrogen-bond donors (Lipinski definition) is 2. The molecule has 1 aromatic carbocycles.